The number of alkyl halides is 1. The number of hydrogen-bond acceptors (Lipinski definition) is 1. The molecule has 1 aromatic rings. The second-order valence-electron chi connectivity index (χ2n) is 3.80. The van der Waals surface area contributed by atoms with E-state index in [1.54, 1.807) is 19.1 Å². The molecule has 0 bridgehead atoms. The Morgan fingerprint density at radius 2 is 2.21 bits per heavy atom. The molecule has 76 valence electrons. The van der Waals surface area contributed by atoms with Crippen molar-refractivity contribution in [1.29, 1.82) is 0 Å². The normalized spacial score (nSPS) is 26.8. The van der Waals surface area contributed by atoms with Crippen LogP contribution in [0.2, 0.25) is 0 Å². The largest absolute Gasteiger partial charge is 0.307 e. The van der Waals surface area contributed by atoms with E-state index < -0.39 is 6.17 Å². The third-order valence-electron chi connectivity index (χ3n) is 2.66. The average Bonchev–Trinajstić information content (AvgIpc) is 2.57. The minimum Gasteiger partial charge on any atom is -0.307 e. The zero-order chi connectivity index (χ0) is 10.1. The summed E-state index contributed by atoms with van der Waals surface area (Å²) in [7, 11) is 0. The zero-order valence-corrected chi connectivity index (χ0v) is 8.06. The predicted octanol–water partition coefficient (Wildman–Crippen LogP) is 2.51. The van der Waals surface area contributed by atoms with Gasteiger partial charge in [-0.15, -0.1) is 0 Å². The fraction of sp³-hybridized carbons (Fsp3) is 0.455. The molecule has 0 saturated carbocycles. The summed E-state index contributed by atoms with van der Waals surface area (Å²) < 4.78 is 25.9. The van der Waals surface area contributed by atoms with Gasteiger partial charge in [0.2, 0.25) is 0 Å². The van der Waals surface area contributed by atoms with E-state index in [-0.39, 0.29) is 11.9 Å². The molecule has 14 heavy (non-hydrogen) atoms. The predicted molar refractivity (Wildman–Crippen MR) is 51.4 cm³/mol. The smallest absolute Gasteiger partial charge is 0.126 e. The van der Waals surface area contributed by atoms with Crippen LogP contribution in [-0.4, -0.2) is 12.7 Å². The molecule has 2 atom stereocenters. The van der Waals surface area contributed by atoms with Crippen LogP contribution in [0.5, 0.6) is 0 Å². The summed E-state index contributed by atoms with van der Waals surface area (Å²) in [4.78, 5) is 0. The summed E-state index contributed by atoms with van der Waals surface area (Å²) in [6.45, 7) is 2.13. The van der Waals surface area contributed by atoms with Gasteiger partial charge in [-0.2, -0.15) is 0 Å². The van der Waals surface area contributed by atoms with Crippen molar-refractivity contribution in [3.63, 3.8) is 0 Å². The van der Waals surface area contributed by atoms with E-state index in [0.717, 1.165) is 5.56 Å². The van der Waals surface area contributed by atoms with Gasteiger partial charge in [0.25, 0.3) is 0 Å². The van der Waals surface area contributed by atoms with Crippen molar-refractivity contribution >= 4 is 0 Å². The lowest BCUT2D eigenvalue weighted by molar-refractivity contribution is 0.356. The van der Waals surface area contributed by atoms with Crippen molar-refractivity contribution in [2.75, 3.05) is 6.54 Å². The van der Waals surface area contributed by atoms with Gasteiger partial charge < -0.3 is 5.32 Å². The molecule has 0 aliphatic carbocycles. The molecule has 1 aliphatic rings. The third kappa shape index (κ3) is 1.77. The highest BCUT2D eigenvalue weighted by Crippen LogP contribution is 2.26. The first-order valence-corrected chi connectivity index (χ1v) is 4.80. The van der Waals surface area contributed by atoms with Gasteiger partial charge in [0.1, 0.15) is 12.0 Å². The monoisotopic (exact) mass is 197 g/mol. The van der Waals surface area contributed by atoms with E-state index in [0.29, 0.717) is 18.5 Å². The number of nitrogens with one attached hydrogen (secondary N) is 1. The molecule has 1 fully saturated rings. The highest BCUT2D eigenvalue weighted by molar-refractivity contribution is 5.27. The van der Waals surface area contributed by atoms with Gasteiger partial charge in [-0.25, -0.2) is 8.78 Å². The molecular weight excluding hydrogens is 184 g/mol. The summed E-state index contributed by atoms with van der Waals surface area (Å²) in [5.74, 6) is -0.205. The van der Waals surface area contributed by atoms with Gasteiger partial charge in [0.15, 0.2) is 0 Å². The van der Waals surface area contributed by atoms with Crippen LogP contribution in [0.4, 0.5) is 8.78 Å². The quantitative estimate of drug-likeness (QED) is 0.729. The summed E-state index contributed by atoms with van der Waals surface area (Å²) in [5.41, 5.74) is 1.59. The first-order chi connectivity index (χ1) is 6.66. The van der Waals surface area contributed by atoms with Gasteiger partial charge in [-0.1, -0.05) is 12.1 Å². The van der Waals surface area contributed by atoms with Crippen LogP contribution in [0.25, 0.3) is 0 Å². The van der Waals surface area contributed by atoms with E-state index in [9.17, 15) is 8.78 Å². The van der Waals surface area contributed by atoms with Crippen molar-refractivity contribution < 1.29 is 8.78 Å². The number of hydrogen-bond donors (Lipinski definition) is 1. The molecule has 2 unspecified atom stereocenters. The maximum atomic E-state index is 13.0. The average molecular weight is 197 g/mol. The van der Waals surface area contributed by atoms with Crippen molar-refractivity contribution in [3.05, 3.63) is 35.1 Å². The molecule has 1 N–H and O–H groups in total. The standard InChI is InChI=1S/C11H13F2N/c1-7-4-8(2-3-10(7)13)11-5-9(12)6-14-11/h2-4,9,11,14H,5-6H2,1H3. The first-order valence-electron chi connectivity index (χ1n) is 4.80. The zero-order valence-electron chi connectivity index (χ0n) is 8.06. The van der Waals surface area contributed by atoms with Crippen LogP contribution in [0.15, 0.2) is 18.2 Å². The highest BCUT2D eigenvalue weighted by atomic mass is 19.1. The molecule has 1 aromatic carbocycles. The SMILES string of the molecule is Cc1cc(C2CC(F)CN2)ccc1F. The minimum absolute atomic E-state index is 0.0456. The lowest BCUT2D eigenvalue weighted by Gasteiger charge is -2.10. The van der Waals surface area contributed by atoms with E-state index in [2.05, 4.69) is 5.32 Å². The van der Waals surface area contributed by atoms with Crippen molar-refractivity contribution in [3.8, 4) is 0 Å². The lowest BCUT2D eigenvalue weighted by atomic mass is 10.0. The molecule has 0 spiro atoms. The molecule has 1 aliphatic heterocycles. The Bertz CT molecular complexity index is 338. The fourth-order valence-corrected chi connectivity index (χ4v) is 1.83. The molecule has 0 amide bonds. The van der Waals surface area contributed by atoms with Gasteiger partial charge >= 0.3 is 0 Å². The Morgan fingerprint density at radius 3 is 2.79 bits per heavy atom. The first kappa shape index (κ1) is 9.59. The van der Waals surface area contributed by atoms with Crippen LogP contribution >= 0.6 is 0 Å². The number of aryl methyl sites for hydroxylation is 1. The topological polar surface area (TPSA) is 12.0 Å². The molecule has 1 nitrogen and oxygen atoms in total. The molecule has 1 heterocycles. The summed E-state index contributed by atoms with van der Waals surface area (Å²) in [5, 5.41) is 3.07. The summed E-state index contributed by atoms with van der Waals surface area (Å²) in [6, 6.07) is 4.99. The minimum atomic E-state index is -0.773. The number of halogens is 2. The molecule has 0 radical (unpaired) electrons. The fourth-order valence-electron chi connectivity index (χ4n) is 1.83. The van der Waals surface area contributed by atoms with Crippen LogP contribution in [0, 0.1) is 12.7 Å². The van der Waals surface area contributed by atoms with Gasteiger partial charge in [-0.05, 0) is 30.5 Å². The van der Waals surface area contributed by atoms with E-state index in [1.165, 1.54) is 6.07 Å². The molecule has 3 heteroatoms. The number of benzene rings is 1. The van der Waals surface area contributed by atoms with Gasteiger partial charge in [-0.3, -0.25) is 0 Å². The maximum absolute atomic E-state index is 13.0. The maximum Gasteiger partial charge on any atom is 0.126 e. The Labute approximate surface area is 82.1 Å². The van der Waals surface area contributed by atoms with Crippen molar-refractivity contribution in [2.24, 2.45) is 0 Å². The van der Waals surface area contributed by atoms with Gasteiger partial charge in [0, 0.05) is 12.6 Å². The van der Waals surface area contributed by atoms with Crippen LogP contribution in [0.3, 0.4) is 0 Å². The molecule has 0 aromatic heterocycles. The van der Waals surface area contributed by atoms with Crippen molar-refractivity contribution in [2.45, 2.75) is 25.6 Å². The lowest BCUT2D eigenvalue weighted by Crippen LogP contribution is -2.14. The van der Waals surface area contributed by atoms with E-state index in [1.807, 2.05) is 0 Å². The second-order valence-corrected chi connectivity index (χ2v) is 3.80. The highest BCUT2D eigenvalue weighted by Gasteiger charge is 2.24. The summed E-state index contributed by atoms with van der Waals surface area (Å²) >= 11 is 0. The molecular formula is C11H13F2N. The second kappa shape index (κ2) is 3.65. The van der Waals surface area contributed by atoms with Crippen LogP contribution in [-0.2, 0) is 0 Å². The van der Waals surface area contributed by atoms with E-state index in [4.69, 9.17) is 0 Å². The third-order valence-corrected chi connectivity index (χ3v) is 2.66. The Balaban J connectivity index is 2.20. The van der Waals surface area contributed by atoms with Crippen LogP contribution < -0.4 is 5.32 Å². The van der Waals surface area contributed by atoms with Gasteiger partial charge in [0.05, 0.1) is 0 Å². The van der Waals surface area contributed by atoms with Crippen LogP contribution in [0.1, 0.15) is 23.6 Å². The molecule has 2 rings (SSSR count). The summed E-state index contributed by atoms with van der Waals surface area (Å²) in [6.07, 6.45) is -0.282. The molecule has 1 saturated heterocycles. The Morgan fingerprint density at radius 1 is 1.43 bits per heavy atom. The Hall–Kier alpha value is -0.960. The van der Waals surface area contributed by atoms with Crippen molar-refractivity contribution in [1.82, 2.24) is 5.32 Å². The Kier molecular flexibility index (Phi) is 2.50. The number of rotatable bonds is 1. The van der Waals surface area contributed by atoms with E-state index >= 15 is 0 Å².